The van der Waals surface area contributed by atoms with Gasteiger partial charge in [0.2, 0.25) is 0 Å². The quantitative estimate of drug-likeness (QED) is 0.659. The molecule has 0 saturated heterocycles. The van der Waals surface area contributed by atoms with Crippen LogP contribution in [0, 0.1) is 13.8 Å². The maximum atomic E-state index is 11.7. The van der Waals surface area contributed by atoms with E-state index in [4.69, 9.17) is 0 Å². The van der Waals surface area contributed by atoms with Gasteiger partial charge in [0.05, 0.1) is 5.69 Å². The van der Waals surface area contributed by atoms with Crippen LogP contribution in [0.15, 0.2) is 17.1 Å². The van der Waals surface area contributed by atoms with Gasteiger partial charge in [-0.3, -0.25) is 4.79 Å². The summed E-state index contributed by atoms with van der Waals surface area (Å²) in [5, 5.41) is 4.18. The number of hydrogen-bond donors (Lipinski definition) is 0. The first-order chi connectivity index (χ1) is 7.09. The Morgan fingerprint density at radius 1 is 1.27 bits per heavy atom. The Bertz CT molecular complexity index is 522. The molecule has 0 aliphatic carbocycles. The van der Waals surface area contributed by atoms with Gasteiger partial charge < -0.3 is 4.57 Å². The van der Waals surface area contributed by atoms with E-state index in [1.54, 1.807) is 22.2 Å². The highest BCUT2D eigenvalue weighted by Crippen LogP contribution is 2.01. The van der Waals surface area contributed by atoms with E-state index in [9.17, 15) is 4.79 Å². The van der Waals surface area contributed by atoms with Crippen LogP contribution < -0.4 is 5.56 Å². The Balaban J connectivity index is 0.000000531. The van der Waals surface area contributed by atoms with Crippen LogP contribution in [0.1, 0.15) is 25.2 Å². The van der Waals surface area contributed by atoms with Crippen LogP contribution in [0.3, 0.4) is 0 Å². The van der Waals surface area contributed by atoms with E-state index in [1.165, 1.54) is 0 Å². The van der Waals surface area contributed by atoms with Gasteiger partial charge in [0.1, 0.15) is 5.52 Å². The molecular weight excluding hydrogens is 190 g/mol. The third-order valence-corrected chi connectivity index (χ3v) is 2.22. The van der Waals surface area contributed by atoms with Crippen LogP contribution in [0.4, 0.5) is 0 Å². The summed E-state index contributed by atoms with van der Waals surface area (Å²) in [7, 11) is 1.76. The maximum Gasteiger partial charge on any atom is 0.276 e. The molecule has 2 aromatic rings. The van der Waals surface area contributed by atoms with E-state index in [1.807, 2.05) is 33.9 Å². The normalized spacial score (nSPS) is 9.93. The molecule has 0 atom stereocenters. The highest BCUT2D eigenvalue weighted by Gasteiger charge is 2.04. The van der Waals surface area contributed by atoms with Crippen LogP contribution in [-0.4, -0.2) is 14.2 Å². The molecule has 2 heterocycles. The zero-order valence-corrected chi connectivity index (χ0v) is 9.90. The number of aryl methyl sites for hydroxylation is 2. The van der Waals surface area contributed by atoms with Crippen molar-refractivity contribution in [3.63, 3.8) is 0 Å². The molecule has 0 fully saturated rings. The van der Waals surface area contributed by atoms with Gasteiger partial charge in [-0.1, -0.05) is 13.8 Å². The van der Waals surface area contributed by atoms with Crippen LogP contribution in [0.25, 0.3) is 5.52 Å². The minimum Gasteiger partial charge on any atom is -0.313 e. The summed E-state index contributed by atoms with van der Waals surface area (Å²) in [6.45, 7) is 7.76. The predicted octanol–water partition coefficient (Wildman–Crippen LogP) is 1.68. The molecule has 4 heteroatoms. The lowest BCUT2D eigenvalue weighted by atomic mass is 10.4. The molecule has 0 N–H and O–H groups in total. The maximum absolute atomic E-state index is 11.7. The molecule has 0 saturated carbocycles. The Morgan fingerprint density at radius 3 is 2.47 bits per heavy atom. The molecule has 82 valence electrons. The summed E-state index contributed by atoms with van der Waals surface area (Å²) >= 11 is 0. The second-order valence-electron chi connectivity index (χ2n) is 3.25. The molecule has 0 radical (unpaired) electrons. The van der Waals surface area contributed by atoms with E-state index in [0.717, 1.165) is 11.4 Å². The van der Waals surface area contributed by atoms with Crippen LogP contribution in [-0.2, 0) is 7.05 Å². The van der Waals surface area contributed by atoms with Crippen molar-refractivity contribution in [3.8, 4) is 0 Å². The monoisotopic (exact) mass is 207 g/mol. The fraction of sp³-hybridized carbons (Fsp3) is 0.455. The van der Waals surface area contributed by atoms with E-state index in [0.29, 0.717) is 5.52 Å². The van der Waals surface area contributed by atoms with Crippen molar-refractivity contribution in [2.45, 2.75) is 27.7 Å². The Kier molecular flexibility index (Phi) is 3.29. The van der Waals surface area contributed by atoms with Gasteiger partial charge in [0, 0.05) is 18.9 Å². The van der Waals surface area contributed by atoms with E-state index in [-0.39, 0.29) is 5.56 Å². The molecule has 0 bridgehead atoms. The molecule has 0 amide bonds. The zero-order valence-electron chi connectivity index (χ0n) is 9.90. The largest absolute Gasteiger partial charge is 0.313 e. The van der Waals surface area contributed by atoms with E-state index >= 15 is 0 Å². The fourth-order valence-electron chi connectivity index (χ4n) is 1.37. The average Bonchev–Trinajstić information content (AvgIpc) is 2.59. The smallest absolute Gasteiger partial charge is 0.276 e. The average molecular weight is 207 g/mol. The second kappa shape index (κ2) is 4.29. The van der Waals surface area contributed by atoms with Gasteiger partial charge in [-0.2, -0.15) is 5.10 Å². The topological polar surface area (TPSA) is 39.3 Å². The highest BCUT2D eigenvalue weighted by atomic mass is 16.1. The standard InChI is InChI=1S/C9H11N3O.C2H6/c1-6-4-8-9(13)11(3)7(2)5-12(8)10-6;1-2/h4-5H,1-3H3;1-2H3. The van der Waals surface area contributed by atoms with Crippen LogP contribution in [0.5, 0.6) is 0 Å². The molecule has 0 aliphatic rings. The minimum atomic E-state index is 0.000556. The fourth-order valence-corrected chi connectivity index (χ4v) is 1.37. The van der Waals surface area contributed by atoms with Gasteiger partial charge in [-0.25, -0.2) is 4.52 Å². The van der Waals surface area contributed by atoms with Crippen molar-refractivity contribution in [2.24, 2.45) is 7.05 Å². The summed E-state index contributed by atoms with van der Waals surface area (Å²) in [6, 6.07) is 1.79. The summed E-state index contributed by atoms with van der Waals surface area (Å²) < 4.78 is 3.25. The Morgan fingerprint density at radius 2 is 1.87 bits per heavy atom. The van der Waals surface area contributed by atoms with Crippen molar-refractivity contribution in [1.82, 2.24) is 14.2 Å². The first-order valence-electron chi connectivity index (χ1n) is 5.12. The first kappa shape index (κ1) is 11.5. The third kappa shape index (κ3) is 1.93. The predicted molar refractivity (Wildman–Crippen MR) is 61.3 cm³/mol. The molecule has 0 aromatic carbocycles. The summed E-state index contributed by atoms with van der Waals surface area (Å²) in [5.41, 5.74) is 2.40. The van der Waals surface area contributed by atoms with Crippen molar-refractivity contribution in [1.29, 1.82) is 0 Å². The molecule has 4 nitrogen and oxygen atoms in total. The number of nitrogens with zero attached hydrogens (tertiary/aromatic N) is 3. The molecule has 0 unspecified atom stereocenters. The molecular formula is C11H17N3O. The van der Waals surface area contributed by atoms with Crippen molar-refractivity contribution < 1.29 is 0 Å². The Hall–Kier alpha value is -1.58. The van der Waals surface area contributed by atoms with Gasteiger partial charge in [0.25, 0.3) is 5.56 Å². The van der Waals surface area contributed by atoms with Gasteiger partial charge >= 0.3 is 0 Å². The van der Waals surface area contributed by atoms with Gasteiger partial charge in [0.15, 0.2) is 0 Å². The number of fused-ring (bicyclic) bond motifs is 1. The van der Waals surface area contributed by atoms with Crippen molar-refractivity contribution >= 4 is 5.52 Å². The summed E-state index contributed by atoms with van der Waals surface area (Å²) in [6.07, 6.45) is 1.85. The first-order valence-corrected chi connectivity index (χ1v) is 5.12. The lowest BCUT2D eigenvalue weighted by molar-refractivity contribution is 0.780. The zero-order chi connectivity index (χ0) is 11.6. The molecule has 2 rings (SSSR count). The minimum absolute atomic E-state index is 0.000556. The van der Waals surface area contributed by atoms with Crippen LogP contribution >= 0.6 is 0 Å². The van der Waals surface area contributed by atoms with Crippen molar-refractivity contribution in [2.75, 3.05) is 0 Å². The molecule has 2 aromatic heterocycles. The summed E-state index contributed by atoms with van der Waals surface area (Å²) in [5.74, 6) is 0. The number of aromatic nitrogens is 3. The Labute approximate surface area is 89.2 Å². The highest BCUT2D eigenvalue weighted by molar-refractivity contribution is 5.45. The van der Waals surface area contributed by atoms with E-state index < -0.39 is 0 Å². The SMILES string of the molecule is CC.Cc1cc2c(=O)n(C)c(C)cn2n1. The number of rotatable bonds is 0. The van der Waals surface area contributed by atoms with Crippen molar-refractivity contribution in [3.05, 3.63) is 34.0 Å². The third-order valence-electron chi connectivity index (χ3n) is 2.22. The molecule has 0 aliphatic heterocycles. The number of hydrogen-bond acceptors (Lipinski definition) is 2. The molecule has 15 heavy (non-hydrogen) atoms. The lowest BCUT2D eigenvalue weighted by Crippen LogP contribution is -2.20. The second-order valence-corrected chi connectivity index (χ2v) is 3.25. The lowest BCUT2D eigenvalue weighted by Gasteiger charge is -2.02. The van der Waals surface area contributed by atoms with Crippen LogP contribution in [0.2, 0.25) is 0 Å². The van der Waals surface area contributed by atoms with E-state index in [2.05, 4.69) is 5.10 Å². The molecule has 0 spiro atoms. The van der Waals surface area contributed by atoms with Gasteiger partial charge in [-0.15, -0.1) is 0 Å². The summed E-state index contributed by atoms with van der Waals surface area (Å²) in [4.78, 5) is 11.7. The van der Waals surface area contributed by atoms with Gasteiger partial charge in [-0.05, 0) is 19.9 Å².